The lowest BCUT2D eigenvalue weighted by Gasteiger charge is -2.20. The lowest BCUT2D eigenvalue weighted by atomic mass is 10.1. The van der Waals surface area contributed by atoms with Crippen molar-refractivity contribution in [1.82, 2.24) is 0 Å². The van der Waals surface area contributed by atoms with E-state index < -0.39 is 11.6 Å². The molecule has 1 unspecified atom stereocenters. The van der Waals surface area contributed by atoms with Crippen LogP contribution in [0.1, 0.15) is 24.2 Å². The van der Waals surface area contributed by atoms with Gasteiger partial charge in [-0.1, -0.05) is 0 Å². The van der Waals surface area contributed by atoms with Crippen molar-refractivity contribution in [2.24, 2.45) is 0 Å². The molecule has 0 aliphatic heterocycles. The molecule has 0 aliphatic carbocycles. The molecule has 98 valence electrons. The molecule has 1 aromatic rings. The zero-order valence-electron chi connectivity index (χ0n) is 10.6. The molecule has 0 fully saturated rings. The molecule has 0 heterocycles. The van der Waals surface area contributed by atoms with Crippen molar-refractivity contribution in [3.63, 3.8) is 0 Å². The minimum Gasteiger partial charge on any atom is -0.490 e. The number of aliphatic hydroxyl groups is 1. The monoisotopic (exact) mass is 252 g/mol. The van der Waals surface area contributed by atoms with Crippen LogP contribution in [0, 0.1) is 0 Å². The highest BCUT2D eigenvalue weighted by molar-refractivity contribution is 5.94. The van der Waals surface area contributed by atoms with E-state index in [2.05, 4.69) is 4.74 Å². The van der Waals surface area contributed by atoms with E-state index in [0.717, 1.165) is 0 Å². The normalized spacial score (nSPS) is 13.6. The average Bonchev–Trinajstić information content (AvgIpc) is 2.35. The van der Waals surface area contributed by atoms with Gasteiger partial charge in [-0.3, -0.25) is 4.79 Å². The summed E-state index contributed by atoms with van der Waals surface area (Å²) in [7, 11) is 1.19. The Bertz CT molecular complexity index is 433. The van der Waals surface area contributed by atoms with Gasteiger partial charge in [0, 0.05) is 5.56 Å². The van der Waals surface area contributed by atoms with Crippen LogP contribution in [0.3, 0.4) is 0 Å². The van der Waals surface area contributed by atoms with E-state index in [4.69, 9.17) is 4.74 Å². The first-order valence-electron chi connectivity index (χ1n) is 5.41. The van der Waals surface area contributed by atoms with Gasteiger partial charge in [-0.15, -0.1) is 0 Å². The lowest BCUT2D eigenvalue weighted by Crippen LogP contribution is -2.42. The smallest absolute Gasteiger partial charge is 0.341 e. The summed E-state index contributed by atoms with van der Waals surface area (Å²) < 4.78 is 9.71. The molecular weight excluding hydrogens is 236 g/mol. The summed E-state index contributed by atoms with van der Waals surface area (Å²) in [6.45, 7) is 2.56. The highest BCUT2D eigenvalue weighted by Crippen LogP contribution is 2.15. The van der Waals surface area contributed by atoms with Crippen LogP contribution in [0.2, 0.25) is 0 Å². The highest BCUT2D eigenvalue weighted by Gasteiger charge is 2.32. The summed E-state index contributed by atoms with van der Waals surface area (Å²) in [5.41, 5.74) is -1.13. The van der Waals surface area contributed by atoms with Crippen LogP contribution >= 0.6 is 0 Å². The van der Waals surface area contributed by atoms with Crippen molar-refractivity contribution in [3.8, 4) is 5.75 Å². The average molecular weight is 252 g/mol. The van der Waals surface area contributed by atoms with Crippen LogP contribution in [-0.2, 0) is 9.53 Å². The van der Waals surface area contributed by atoms with Crippen LogP contribution in [0.15, 0.2) is 24.3 Å². The Morgan fingerprint density at radius 1 is 1.28 bits per heavy atom. The molecule has 0 bridgehead atoms. The van der Waals surface area contributed by atoms with E-state index >= 15 is 0 Å². The van der Waals surface area contributed by atoms with Crippen LogP contribution < -0.4 is 4.74 Å². The van der Waals surface area contributed by atoms with Crippen molar-refractivity contribution in [3.05, 3.63) is 29.8 Å². The van der Waals surface area contributed by atoms with Crippen molar-refractivity contribution < 1.29 is 24.2 Å². The number of hydrogen-bond acceptors (Lipinski definition) is 5. The molecule has 18 heavy (non-hydrogen) atoms. The van der Waals surface area contributed by atoms with Gasteiger partial charge in [0.15, 0.2) is 11.4 Å². The van der Waals surface area contributed by atoms with Crippen LogP contribution in [0.25, 0.3) is 0 Å². The summed E-state index contributed by atoms with van der Waals surface area (Å²) in [6, 6.07) is 6.43. The van der Waals surface area contributed by atoms with Gasteiger partial charge in [-0.05, 0) is 38.1 Å². The molecule has 1 aromatic carbocycles. The first-order chi connectivity index (χ1) is 8.36. The number of esters is 1. The number of carbonyl (C=O) groups is 2. The molecule has 0 saturated carbocycles. The van der Waals surface area contributed by atoms with Crippen LogP contribution in [-0.4, -0.2) is 36.2 Å². The Labute approximate surface area is 105 Å². The molecule has 0 amide bonds. The van der Waals surface area contributed by atoms with Gasteiger partial charge in [0.1, 0.15) is 12.4 Å². The number of carbonyl (C=O) groups excluding carboxylic acids is 2. The largest absolute Gasteiger partial charge is 0.490 e. The van der Waals surface area contributed by atoms with Crippen LogP contribution in [0.5, 0.6) is 5.75 Å². The number of Topliss-reactive ketones (excluding diaryl/α,β-unsaturated/α-hetero) is 1. The van der Waals surface area contributed by atoms with Gasteiger partial charge in [-0.25, -0.2) is 4.79 Å². The fourth-order valence-corrected chi connectivity index (χ4v) is 1.29. The molecule has 0 spiro atoms. The van der Waals surface area contributed by atoms with Gasteiger partial charge in [0.05, 0.1) is 7.11 Å². The Balaban J connectivity index is 2.64. The molecule has 0 saturated heterocycles. The van der Waals surface area contributed by atoms with E-state index in [0.29, 0.717) is 11.3 Å². The Hall–Kier alpha value is -1.88. The first-order valence-corrected chi connectivity index (χ1v) is 5.41. The second-order valence-electron chi connectivity index (χ2n) is 4.13. The Morgan fingerprint density at radius 3 is 2.28 bits per heavy atom. The maximum absolute atomic E-state index is 11.2. The highest BCUT2D eigenvalue weighted by atomic mass is 16.6. The maximum Gasteiger partial charge on any atom is 0.341 e. The first kappa shape index (κ1) is 14.2. The zero-order chi connectivity index (χ0) is 13.8. The van der Waals surface area contributed by atoms with Crippen molar-refractivity contribution in [2.45, 2.75) is 19.4 Å². The second-order valence-corrected chi connectivity index (χ2v) is 4.13. The third kappa shape index (κ3) is 3.56. The lowest BCUT2D eigenvalue weighted by molar-refractivity contribution is -0.163. The fraction of sp³-hybridized carbons (Fsp3) is 0.385. The molecule has 0 aliphatic rings. The molecular formula is C13H16O5. The van der Waals surface area contributed by atoms with E-state index in [1.807, 2.05) is 0 Å². The SMILES string of the molecule is COC(=O)C(C)(O)COc1ccc(C(C)=O)cc1. The van der Waals surface area contributed by atoms with Crippen molar-refractivity contribution >= 4 is 11.8 Å². The molecule has 1 N–H and O–H groups in total. The number of benzene rings is 1. The summed E-state index contributed by atoms with van der Waals surface area (Å²) in [4.78, 5) is 22.3. The van der Waals surface area contributed by atoms with Gasteiger partial charge in [-0.2, -0.15) is 0 Å². The molecule has 0 aromatic heterocycles. The second kappa shape index (κ2) is 5.64. The zero-order valence-corrected chi connectivity index (χ0v) is 10.6. The van der Waals surface area contributed by atoms with Crippen molar-refractivity contribution in [1.29, 1.82) is 0 Å². The van der Waals surface area contributed by atoms with Crippen LogP contribution in [0.4, 0.5) is 0 Å². The summed E-state index contributed by atoms with van der Waals surface area (Å²) in [5.74, 6) is -0.338. The number of rotatable bonds is 5. The predicted octanol–water partition coefficient (Wildman–Crippen LogP) is 1.19. The topological polar surface area (TPSA) is 72.8 Å². The van der Waals surface area contributed by atoms with Gasteiger partial charge in [0.25, 0.3) is 0 Å². The Kier molecular flexibility index (Phi) is 4.44. The predicted molar refractivity (Wildman–Crippen MR) is 64.6 cm³/mol. The summed E-state index contributed by atoms with van der Waals surface area (Å²) in [5, 5.41) is 9.73. The maximum atomic E-state index is 11.2. The van der Waals surface area contributed by atoms with E-state index in [1.165, 1.54) is 21.0 Å². The van der Waals surface area contributed by atoms with Gasteiger partial charge >= 0.3 is 5.97 Å². The minimum absolute atomic E-state index is 0.0388. The molecule has 1 atom stereocenters. The molecule has 5 nitrogen and oxygen atoms in total. The molecule has 0 radical (unpaired) electrons. The van der Waals surface area contributed by atoms with E-state index in [9.17, 15) is 14.7 Å². The molecule has 5 heteroatoms. The third-order valence-electron chi connectivity index (χ3n) is 2.41. The number of methoxy groups -OCH3 is 1. The standard InChI is InChI=1S/C13H16O5/c1-9(14)10-4-6-11(7-5-10)18-8-13(2,16)12(15)17-3/h4-7,16H,8H2,1-3H3. The Morgan fingerprint density at radius 2 is 1.83 bits per heavy atom. The summed E-state index contributed by atoms with van der Waals surface area (Å²) in [6.07, 6.45) is 0. The third-order valence-corrected chi connectivity index (χ3v) is 2.41. The fourth-order valence-electron chi connectivity index (χ4n) is 1.29. The van der Waals surface area contributed by atoms with Gasteiger partial charge in [0.2, 0.25) is 0 Å². The summed E-state index contributed by atoms with van der Waals surface area (Å²) >= 11 is 0. The van der Waals surface area contributed by atoms with Crippen molar-refractivity contribution in [2.75, 3.05) is 13.7 Å². The van der Waals surface area contributed by atoms with E-state index in [1.54, 1.807) is 24.3 Å². The molecule has 1 rings (SSSR count). The number of ether oxygens (including phenoxy) is 2. The quantitative estimate of drug-likeness (QED) is 0.629. The number of ketones is 1. The minimum atomic E-state index is -1.70. The number of hydrogen-bond donors (Lipinski definition) is 1. The van der Waals surface area contributed by atoms with E-state index in [-0.39, 0.29) is 12.4 Å². The van der Waals surface area contributed by atoms with Gasteiger partial charge < -0.3 is 14.6 Å².